The Morgan fingerprint density at radius 3 is 2.62 bits per heavy atom. The molecule has 3 aromatic heterocycles. The summed E-state index contributed by atoms with van der Waals surface area (Å²) in [7, 11) is 0. The van der Waals surface area contributed by atoms with E-state index < -0.39 is 0 Å². The van der Waals surface area contributed by atoms with Crippen LogP contribution in [0.3, 0.4) is 0 Å². The molecule has 5 heteroatoms. The summed E-state index contributed by atoms with van der Waals surface area (Å²) >= 11 is 7.60. The van der Waals surface area contributed by atoms with Crippen molar-refractivity contribution in [2.45, 2.75) is 0 Å². The van der Waals surface area contributed by atoms with E-state index in [0.29, 0.717) is 5.76 Å². The van der Waals surface area contributed by atoms with Crippen molar-refractivity contribution in [1.82, 2.24) is 9.97 Å². The van der Waals surface area contributed by atoms with Gasteiger partial charge in [0.15, 0.2) is 5.76 Å². The molecule has 0 atom stereocenters. The molecule has 3 nitrogen and oxygen atoms in total. The Balaban J connectivity index is 2.07. The molecule has 3 heterocycles. The lowest BCUT2D eigenvalue weighted by Crippen LogP contribution is -1.89. The number of furan rings is 1. The summed E-state index contributed by atoms with van der Waals surface area (Å²) in [4.78, 5) is 9.55. The van der Waals surface area contributed by atoms with Gasteiger partial charge in [-0.2, -0.15) is 0 Å². The van der Waals surface area contributed by atoms with Gasteiger partial charge in [0.25, 0.3) is 0 Å². The minimum absolute atomic E-state index is 0.232. The molecule has 0 aliphatic heterocycles. The van der Waals surface area contributed by atoms with E-state index in [4.69, 9.17) is 16.0 Å². The fourth-order valence-electron chi connectivity index (χ4n) is 2.34. The molecular weight excluding hydrogens is 304 g/mol. The van der Waals surface area contributed by atoms with E-state index in [9.17, 15) is 0 Å². The molecule has 102 valence electrons. The van der Waals surface area contributed by atoms with Crippen LogP contribution in [0.1, 0.15) is 0 Å². The molecule has 0 saturated heterocycles. The first kappa shape index (κ1) is 12.6. The summed E-state index contributed by atoms with van der Waals surface area (Å²) in [5.74, 6) is 0.694. The van der Waals surface area contributed by atoms with E-state index in [0.717, 1.165) is 27.0 Å². The number of aromatic nitrogens is 2. The Hall–Kier alpha value is -2.17. The SMILES string of the molecule is Clc1nc(-c2ccco2)c2c(-c3ccccc3)csc2n1. The number of hydrogen-bond acceptors (Lipinski definition) is 4. The van der Waals surface area contributed by atoms with Gasteiger partial charge in [-0.1, -0.05) is 30.3 Å². The maximum Gasteiger partial charge on any atom is 0.224 e. The third kappa shape index (κ3) is 2.13. The van der Waals surface area contributed by atoms with Crippen LogP contribution in [0.25, 0.3) is 32.8 Å². The van der Waals surface area contributed by atoms with E-state index in [-0.39, 0.29) is 5.28 Å². The fourth-order valence-corrected chi connectivity index (χ4v) is 3.50. The van der Waals surface area contributed by atoms with Crippen molar-refractivity contribution in [1.29, 1.82) is 0 Å². The van der Waals surface area contributed by atoms with Gasteiger partial charge in [-0.15, -0.1) is 11.3 Å². The van der Waals surface area contributed by atoms with Crippen molar-refractivity contribution in [3.8, 4) is 22.6 Å². The van der Waals surface area contributed by atoms with Crippen LogP contribution in [-0.4, -0.2) is 9.97 Å². The van der Waals surface area contributed by atoms with Crippen molar-refractivity contribution in [2.24, 2.45) is 0 Å². The number of thiophene rings is 1. The lowest BCUT2D eigenvalue weighted by Gasteiger charge is -2.04. The molecule has 1 aromatic carbocycles. The predicted molar refractivity (Wildman–Crippen MR) is 85.6 cm³/mol. The van der Waals surface area contributed by atoms with Crippen molar-refractivity contribution in [3.63, 3.8) is 0 Å². The lowest BCUT2D eigenvalue weighted by atomic mass is 10.0. The van der Waals surface area contributed by atoms with E-state index in [2.05, 4.69) is 27.5 Å². The second kappa shape index (κ2) is 4.98. The van der Waals surface area contributed by atoms with Gasteiger partial charge in [0.05, 0.1) is 6.26 Å². The van der Waals surface area contributed by atoms with Gasteiger partial charge < -0.3 is 4.42 Å². The van der Waals surface area contributed by atoms with Gasteiger partial charge in [-0.05, 0) is 29.3 Å². The maximum atomic E-state index is 6.04. The molecule has 0 bridgehead atoms. The molecule has 0 aliphatic carbocycles. The largest absolute Gasteiger partial charge is 0.463 e. The highest BCUT2D eigenvalue weighted by Crippen LogP contribution is 2.39. The smallest absolute Gasteiger partial charge is 0.224 e. The first-order chi connectivity index (χ1) is 10.3. The van der Waals surface area contributed by atoms with Crippen LogP contribution in [0.15, 0.2) is 58.5 Å². The maximum absolute atomic E-state index is 6.04. The number of halogens is 1. The molecule has 4 rings (SSSR count). The standard InChI is InChI=1S/C16H9ClN2OS/c17-16-18-14(12-7-4-8-20-12)13-11(9-21-15(13)19-16)10-5-2-1-3-6-10/h1-9H. The van der Waals surface area contributed by atoms with E-state index in [1.54, 1.807) is 17.6 Å². The van der Waals surface area contributed by atoms with Crippen LogP contribution < -0.4 is 0 Å². The zero-order chi connectivity index (χ0) is 14.2. The van der Waals surface area contributed by atoms with Crippen LogP contribution >= 0.6 is 22.9 Å². The molecule has 0 amide bonds. The lowest BCUT2D eigenvalue weighted by molar-refractivity contribution is 0.580. The Labute approximate surface area is 129 Å². The third-order valence-corrected chi connectivity index (χ3v) is 4.29. The second-order valence-corrected chi connectivity index (χ2v) is 5.71. The molecule has 0 saturated carbocycles. The van der Waals surface area contributed by atoms with E-state index in [1.807, 2.05) is 30.3 Å². The van der Waals surface area contributed by atoms with Gasteiger partial charge in [0.2, 0.25) is 5.28 Å². The minimum Gasteiger partial charge on any atom is -0.463 e. The van der Waals surface area contributed by atoms with Crippen LogP contribution in [0.2, 0.25) is 5.28 Å². The monoisotopic (exact) mass is 312 g/mol. The molecule has 0 spiro atoms. The van der Waals surface area contributed by atoms with Gasteiger partial charge in [-0.25, -0.2) is 9.97 Å². The molecule has 0 fully saturated rings. The first-order valence-electron chi connectivity index (χ1n) is 6.37. The average molecular weight is 313 g/mol. The fraction of sp³-hybridized carbons (Fsp3) is 0. The van der Waals surface area contributed by atoms with E-state index in [1.165, 1.54) is 0 Å². The van der Waals surface area contributed by atoms with Crippen LogP contribution in [0, 0.1) is 0 Å². The number of nitrogens with zero attached hydrogens (tertiary/aromatic N) is 2. The molecule has 0 unspecified atom stereocenters. The zero-order valence-corrected chi connectivity index (χ0v) is 12.4. The molecule has 0 N–H and O–H groups in total. The summed E-state index contributed by atoms with van der Waals surface area (Å²) in [6, 6.07) is 13.9. The zero-order valence-electron chi connectivity index (χ0n) is 10.8. The Bertz CT molecular complexity index is 901. The van der Waals surface area contributed by atoms with Gasteiger partial charge in [-0.3, -0.25) is 0 Å². The molecule has 4 aromatic rings. The number of rotatable bonds is 2. The Morgan fingerprint density at radius 2 is 1.86 bits per heavy atom. The first-order valence-corrected chi connectivity index (χ1v) is 7.63. The van der Waals surface area contributed by atoms with Crippen LogP contribution in [0.5, 0.6) is 0 Å². The topological polar surface area (TPSA) is 38.9 Å². The molecule has 0 radical (unpaired) electrons. The van der Waals surface area contributed by atoms with Crippen molar-refractivity contribution in [2.75, 3.05) is 0 Å². The van der Waals surface area contributed by atoms with Crippen molar-refractivity contribution in [3.05, 3.63) is 59.4 Å². The Kier molecular flexibility index (Phi) is 2.98. The van der Waals surface area contributed by atoms with Gasteiger partial charge in [0, 0.05) is 16.3 Å². The number of fused-ring (bicyclic) bond motifs is 1. The third-order valence-electron chi connectivity index (χ3n) is 3.25. The highest BCUT2D eigenvalue weighted by atomic mass is 35.5. The average Bonchev–Trinajstić information content (AvgIpc) is 3.16. The summed E-state index contributed by atoms with van der Waals surface area (Å²) in [5.41, 5.74) is 2.95. The van der Waals surface area contributed by atoms with Gasteiger partial charge >= 0.3 is 0 Å². The summed E-state index contributed by atoms with van der Waals surface area (Å²) in [5, 5.41) is 3.29. The van der Waals surface area contributed by atoms with Crippen LogP contribution in [-0.2, 0) is 0 Å². The normalized spacial score (nSPS) is 11.1. The number of hydrogen-bond donors (Lipinski definition) is 0. The summed E-state index contributed by atoms with van der Waals surface area (Å²) in [6.45, 7) is 0. The van der Waals surface area contributed by atoms with Crippen LogP contribution in [0.4, 0.5) is 0 Å². The molecular formula is C16H9ClN2OS. The Morgan fingerprint density at radius 1 is 1.00 bits per heavy atom. The van der Waals surface area contributed by atoms with Crippen molar-refractivity contribution >= 4 is 33.2 Å². The number of benzene rings is 1. The highest BCUT2D eigenvalue weighted by Gasteiger charge is 2.17. The molecule has 0 aliphatic rings. The second-order valence-electron chi connectivity index (χ2n) is 4.51. The highest BCUT2D eigenvalue weighted by molar-refractivity contribution is 7.17. The van der Waals surface area contributed by atoms with Crippen molar-refractivity contribution < 1.29 is 4.42 Å². The molecule has 21 heavy (non-hydrogen) atoms. The quantitative estimate of drug-likeness (QED) is 0.473. The predicted octanol–water partition coefficient (Wildman–Crippen LogP) is 5.27. The van der Waals surface area contributed by atoms with E-state index >= 15 is 0 Å². The van der Waals surface area contributed by atoms with Gasteiger partial charge in [0.1, 0.15) is 10.5 Å². The summed E-state index contributed by atoms with van der Waals surface area (Å²) in [6.07, 6.45) is 1.63. The minimum atomic E-state index is 0.232. The summed E-state index contributed by atoms with van der Waals surface area (Å²) < 4.78 is 5.50.